The predicted octanol–water partition coefficient (Wildman–Crippen LogP) is 3.25. The van der Waals surface area contributed by atoms with E-state index >= 15 is 0 Å². The first kappa shape index (κ1) is 9.74. The SMILES string of the molecule is Cc1c(Br)ccc2c(=O)c(Cl)c[nH]c12. The number of hydrogen-bond donors (Lipinski definition) is 1. The molecule has 1 heterocycles. The zero-order valence-corrected chi connectivity index (χ0v) is 9.74. The molecular weight excluding hydrogens is 265 g/mol. The molecule has 0 aliphatic rings. The minimum Gasteiger partial charge on any atom is -0.359 e. The Labute approximate surface area is 94.0 Å². The Morgan fingerprint density at radius 3 is 2.86 bits per heavy atom. The molecule has 0 aliphatic carbocycles. The molecule has 14 heavy (non-hydrogen) atoms. The maximum absolute atomic E-state index is 11.6. The van der Waals surface area contributed by atoms with E-state index in [-0.39, 0.29) is 10.5 Å². The highest BCUT2D eigenvalue weighted by Gasteiger charge is 2.06. The van der Waals surface area contributed by atoms with E-state index in [0.717, 1.165) is 15.6 Å². The molecule has 0 spiro atoms. The van der Waals surface area contributed by atoms with E-state index in [1.807, 2.05) is 13.0 Å². The molecule has 0 saturated carbocycles. The number of rotatable bonds is 0. The number of aromatic amines is 1. The van der Waals surface area contributed by atoms with Crippen molar-refractivity contribution in [1.82, 2.24) is 4.98 Å². The summed E-state index contributed by atoms with van der Waals surface area (Å²) in [7, 11) is 0. The number of halogens is 2. The van der Waals surface area contributed by atoms with Crippen LogP contribution in [0, 0.1) is 6.92 Å². The molecule has 0 radical (unpaired) electrons. The first-order valence-corrected chi connectivity index (χ1v) is 5.24. The quantitative estimate of drug-likeness (QED) is 0.784. The average molecular weight is 273 g/mol. The monoisotopic (exact) mass is 271 g/mol. The van der Waals surface area contributed by atoms with Crippen LogP contribution in [-0.4, -0.2) is 4.98 Å². The molecule has 2 rings (SSSR count). The van der Waals surface area contributed by atoms with Crippen LogP contribution < -0.4 is 5.43 Å². The van der Waals surface area contributed by atoms with E-state index in [2.05, 4.69) is 20.9 Å². The molecule has 0 unspecified atom stereocenters. The largest absolute Gasteiger partial charge is 0.359 e. The smallest absolute Gasteiger partial charge is 0.207 e. The fourth-order valence-corrected chi connectivity index (χ4v) is 1.88. The van der Waals surface area contributed by atoms with Gasteiger partial charge >= 0.3 is 0 Å². The third kappa shape index (κ3) is 1.37. The second-order valence-corrected chi connectivity index (χ2v) is 4.32. The zero-order valence-electron chi connectivity index (χ0n) is 7.40. The summed E-state index contributed by atoms with van der Waals surface area (Å²) in [5, 5.41) is 0.845. The van der Waals surface area contributed by atoms with Gasteiger partial charge in [0, 0.05) is 16.1 Å². The Morgan fingerprint density at radius 1 is 1.43 bits per heavy atom. The van der Waals surface area contributed by atoms with Crippen LogP contribution in [0.4, 0.5) is 0 Å². The summed E-state index contributed by atoms with van der Waals surface area (Å²) in [6, 6.07) is 3.61. The Morgan fingerprint density at radius 2 is 2.14 bits per heavy atom. The first-order valence-electron chi connectivity index (χ1n) is 4.07. The summed E-state index contributed by atoms with van der Waals surface area (Å²) in [5.41, 5.74) is 1.71. The summed E-state index contributed by atoms with van der Waals surface area (Å²) in [6.45, 7) is 1.94. The number of hydrogen-bond acceptors (Lipinski definition) is 1. The van der Waals surface area contributed by atoms with Crippen LogP contribution in [0.5, 0.6) is 0 Å². The van der Waals surface area contributed by atoms with E-state index in [0.29, 0.717) is 5.39 Å². The summed E-state index contributed by atoms with van der Waals surface area (Å²) < 4.78 is 0.975. The van der Waals surface area contributed by atoms with E-state index in [1.165, 1.54) is 6.20 Å². The molecule has 0 atom stereocenters. The number of benzene rings is 1. The topological polar surface area (TPSA) is 32.9 Å². The maximum Gasteiger partial charge on any atom is 0.207 e. The van der Waals surface area contributed by atoms with Gasteiger partial charge in [0.2, 0.25) is 5.43 Å². The molecule has 2 nitrogen and oxygen atoms in total. The lowest BCUT2D eigenvalue weighted by molar-refractivity contribution is 1.34. The van der Waals surface area contributed by atoms with Gasteiger partial charge in [-0.05, 0) is 24.6 Å². The highest BCUT2D eigenvalue weighted by atomic mass is 79.9. The standard InChI is InChI=1S/C10H7BrClNO/c1-5-7(11)3-2-6-9(5)13-4-8(12)10(6)14/h2-4H,1H3,(H,13,14). The van der Waals surface area contributed by atoms with Gasteiger partial charge in [-0.25, -0.2) is 0 Å². The van der Waals surface area contributed by atoms with Gasteiger partial charge < -0.3 is 4.98 Å². The molecule has 72 valence electrons. The molecule has 0 bridgehead atoms. The van der Waals surface area contributed by atoms with Crippen molar-refractivity contribution in [3.05, 3.63) is 43.6 Å². The van der Waals surface area contributed by atoms with Crippen LogP contribution in [0.1, 0.15) is 5.56 Å². The fraction of sp³-hybridized carbons (Fsp3) is 0.100. The lowest BCUT2D eigenvalue weighted by atomic mass is 10.1. The molecule has 0 fully saturated rings. The van der Waals surface area contributed by atoms with Gasteiger partial charge in [-0.15, -0.1) is 0 Å². The van der Waals surface area contributed by atoms with Crippen molar-refractivity contribution < 1.29 is 0 Å². The van der Waals surface area contributed by atoms with Gasteiger partial charge in [-0.1, -0.05) is 27.5 Å². The van der Waals surface area contributed by atoms with Crippen molar-refractivity contribution in [2.45, 2.75) is 6.92 Å². The molecular formula is C10H7BrClNO. The highest BCUT2D eigenvalue weighted by molar-refractivity contribution is 9.10. The molecule has 1 aromatic heterocycles. The van der Waals surface area contributed by atoms with Crippen LogP contribution in [0.2, 0.25) is 5.02 Å². The van der Waals surface area contributed by atoms with E-state index in [1.54, 1.807) is 6.07 Å². The number of aromatic nitrogens is 1. The molecule has 2 aromatic rings. The fourth-order valence-electron chi connectivity index (χ4n) is 1.39. The second-order valence-electron chi connectivity index (χ2n) is 3.06. The molecule has 1 N–H and O–H groups in total. The van der Waals surface area contributed by atoms with Gasteiger partial charge in [-0.2, -0.15) is 0 Å². The molecule has 0 amide bonds. The van der Waals surface area contributed by atoms with Crippen LogP contribution in [0.15, 0.2) is 27.6 Å². The van der Waals surface area contributed by atoms with Gasteiger partial charge in [0.1, 0.15) is 5.02 Å². The van der Waals surface area contributed by atoms with Crippen molar-refractivity contribution >= 4 is 38.4 Å². The Balaban J connectivity index is 3.02. The Hall–Kier alpha value is -0.800. The van der Waals surface area contributed by atoms with E-state index < -0.39 is 0 Å². The maximum atomic E-state index is 11.6. The predicted molar refractivity (Wildman–Crippen MR) is 62.0 cm³/mol. The van der Waals surface area contributed by atoms with Crippen molar-refractivity contribution in [2.75, 3.05) is 0 Å². The van der Waals surface area contributed by atoms with Crippen molar-refractivity contribution in [3.8, 4) is 0 Å². The third-order valence-electron chi connectivity index (χ3n) is 2.20. The summed E-state index contributed by atoms with van der Waals surface area (Å²) in [6.07, 6.45) is 1.52. The van der Waals surface area contributed by atoms with Crippen molar-refractivity contribution in [3.63, 3.8) is 0 Å². The Kier molecular flexibility index (Phi) is 2.37. The highest BCUT2D eigenvalue weighted by Crippen LogP contribution is 2.22. The normalized spacial score (nSPS) is 10.8. The lowest BCUT2D eigenvalue weighted by Gasteiger charge is -2.03. The minimum atomic E-state index is -0.129. The average Bonchev–Trinajstić information content (AvgIpc) is 2.17. The van der Waals surface area contributed by atoms with E-state index in [4.69, 9.17) is 11.6 Å². The van der Waals surface area contributed by atoms with Crippen molar-refractivity contribution in [1.29, 1.82) is 0 Å². The molecule has 1 aromatic carbocycles. The number of pyridine rings is 1. The number of H-pyrrole nitrogens is 1. The Bertz CT molecular complexity index is 562. The number of aryl methyl sites for hydroxylation is 1. The number of fused-ring (bicyclic) bond motifs is 1. The third-order valence-corrected chi connectivity index (χ3v) is 3.34. The lowest BCUT2D eigenvalue weighted by Crippen LogP contribution is -2.03. The second kappa shape index (κ2) is 3.41. The van der Waals surface area contributed by atoms with Gasteiger partial charge in [0.15, 0.2) is 0 Å². The van der Waals surface area contributed by atoms with E-state index in [9.17, 15) is 4.79 Å². The van der Waals surface area contributed by atoms with Crippen molar-refractivity contribution in [2.24, 2.45) is 0 Å². The zero-order chi connectivity index (χ0) is 10.3. The molecule has 0 saturated heterocycles. The summed E-state index contributed by atoms with van der Waals surface area (Å²) >= 11 is 9.13. The van der Waals surface area contributed by atoms with Crippen LogP contribution >= 0.6 is 27.5 Å². The number of nitrogens with one attached hydrogen (secondary N) is 1. The minimum absolute atomic E-state index is 0.129. The van der Waals surface area contributed by atoms with Crippen LogP contribution in [-0.2, 0) is 0 Å². The summed E-state index contributed by atoms with van der Waals surface area (Å²) in [5.74, 6) is 0. The first-order chi connectivity index (χ1) is 6.61. The molecule has 4 heteroatoms. The van der Waals surface area contributed by atoms with Gasteiger partial charge in [0.25, 0.3) is 0 Å². The van der Waals surface area contributed by atoms with Crippen LogP contribution in [0.3, 0.4) is 0 Å². The van der Waals surface area contributed by atoms with Crippen LogP contribution in [0.25, 0.3) is 10.9 Å². The summed E-state index contributed by atoms with van der Waals surface area (Å²) in [4.78, 5) is 14.6. The molecule has 0 aliphatic heterocycles. The van der Waals surface area contributed by atoms with Gasteiger partial charge in [0.05, 0.1) is 5.52 Å². The van der Waals surface area contributed by atoms with Gasteiger partial charge in [-0.3, -0.25) is 4.79 Å².